The molecule has 1 aromatic carbocycles. The summed E-state index contributed by atoms with van der Waals surface area (Å²) in [4.78, 5) is 12.1. The predicted molar refractivity (Wildman–Crippen MR) is 74.7 cm³/mol. The molecule has 0 saturated heterocycles. The van der Waals surface area contributed by atoms with Gasteiger partial charge in [-0.15, -0.1) is 0 Å². The molecule has 1 N–H and O–H groups in total. The number of benzene rings is 1. The average molecular weight is 281 g/mol. The molecule has 0 spiro atoms. The van der Waals surface area contributed by atoms with Crippen LogP contribution in [0.25, 0.3) is 0 Å². The van der Waals surface area contributed by atoms with Gasteiger partial charge in [0.25, 0.3) is 0 Å². The fourth-order valence-corrected chi connectivity index (χ4v) is 2.97. The van der Waals surface area contributed by atoms with Crippen molar-refractivity contribution in [2.75, 3.05) is 5.32 Å². The van der Waals surface area contributed by atoms with Crippen LogP contribution in [0.3, 0.4) is 0 Å². The SMILES string of the molecule is CC(C)S(=O)(=O)c1ccc(NC(=O)C2CCC2)cc1. The summed E-state index contributed by atoms with van der Waals surface area (Å²) < 4.78 is 23.9. The molecule has 1 aliphatic carbocycles. The molecule has 19 heavy (non-hydrogen) atoms. The van der Waals surface area contributed by atoms with Gasteiger partial charge in [0.15, 0.2) is 9.84 Å². The maximum absolute atomic E-state index is 11.9. The van der Waals surface area contributed by atoms with Crippen LogP contribution >= 0.6 is 0 Å². The van der Waals surface area contributed by atoms with E-state index in [0.29, 0.717) is 10.6 Å². The fourth-order valence-electron chi connectivity index (χ4n) is 1.91. The average Bonchev–Trinajstić information content (AvgIpc) is 2.27. The van der Waals surface area contributed by atoms with Crippen molar-refractivity contribution in [3.8, 4) is 0 Å². The molecule has 1 aliphatic rings. The van der Waals surface area contributed by atoms with E-state index in [1.54, 1.807) is 38.1 Å². The van der Waals surface area contributed by atoms with Gasteiger partial charge in [0.1, 0.15) is 0 Å². The number of amides is 1. The molecule has 0 bridgehead atoms. The third kappa shape index (κ3) is 2.97. The van der Waals surface area contributed by atoms with Gasteiger partial charge in [0.05, 0.1) is 10.1 Å². The predicted octanol–water partition coefficient (Wildman–Crippen LogP) is 2.61. The van der Waals surface area contributed by atoms with E-state index in [1.807, 2.05) is 0 Å². The fraction of sp³-hybridized carbons (Fsp3) is 0.500. The number of nitrogens with one attached hydrogen (secondary N) is 1. The second-order valence-corrected chi connectivity index (χ2v) is 7.74. The summed E-state index contributed by atoms with van der Waals surface area (Å²) in [5.41, 5.74) is 0.652. The Bertz CT molecular complexity index is 557. The van der Waals surface area contributed by atoms with Crippen molar-refractivity contribution in [1.82, 2.24) is 0 Å². The van der Waals surface area contributed by atoms with Crippen LogP contribution in [0.1, 0.15) is 33.1 Å². The van der Waals surface area contributed by atoms with E-state index >= 15 is 0 Å². The summed E-state index contributed by atoms with van der Waals surface area (Å²) in [5, 5.41) is 2.38. The Morgan fingerprint density at radius 1 is 1.21 bits per heavy atom. The quantitative estimate of drug-likeness (QED) is 0.922. The van der Waals surface area contributed by atoms with E-state index in [1.165, 1.54) is 0 Å². The number of sulfone groups is 1. The Morgan fingerprint density at radius 3 is 2.21 bits per heavy atom. The van der Waals surface area contributed by atoms with Gasteiger partial charge in [-0.05, 0) is 51.0 Å². The number of hydrogen-bond donors (Lipinski definition) is 1. The Morgan fingerprint density at radius 2 is 1.79 bits per heavy atom. The lowest BCUT2D eigenvalue weighted by Gasteiger charge is -2.24. The molecule has 1 saturated carbocycles. The highest BCUT2D eigenvalue weighted by Gasteiger charge is 2.25. The van der Waals surface area contributed by atoms with Gasteiger partial charge < -0.3 is 5.32 Å². The maximum Gasteiger partial charge on any atom is 0.227 e. The van der Waals surface area contributed by atoms with Crippen molar-refractivity contribution in [1.29, 1.82) is 0 Å². The molecule has 104 valence electrons. The van der Waals surface area contributed by atoms with Crippen molar-refractivity contribution in [3.05, 3.63) is 24.3 Å². The van der Waals surface area contributed by atoms with Gasteiger partial charge in [0.2, 0.25) is 5.91 Å². The van der Waals surface area contributed by atoms with Gasteiger partial charge in [-0.1, -0.05) is 6.42 Å². The Kier molecular flexibility index (Phi) is 3.94. The van der Waals surface area contributed by atoms with Gasteiger partial charge >= 0.3 is 0 Å². The van der Waals surface area contributed by atoms with Crippen LogP contribution < -0.4 is 5.32 Å². The summed E-state index contributed by atoms with van der Waals surface area (Å²) in [7, 11) is -3.24. The topological polar surface area (TPSA) is 63.2 Å². The van der Waals surface area contributed by atoms with Crippen LogP contribution in [-0.2, 0) is 14.6 Å². The first-order valence-electron chi connectivity index (χ1n) is 6.56. The molecule has 0 atom stereocenters. The van der Waals surface area contributed by atoms with Crippen LogP contribution in [0, 0.1) is 5.92 Å². The molecule has 0 aromatic heterocycles. The molecular weight excluding hydrogens is 262 g/mol. The zero-order chi connectivity index (χ0) is 14.0. The number of anilines is 1. The highest BCUT2D eigenvalue weighted by molar-refractivity contribution is 7.92. The van der Waals surface area contributed by atoms with E-state index in [4.69, 9.17) is 0 Å². The van der Waals surface area contributed by atoms with Crippen LogP contribution in [0.4, 0.5) is 5.69 Å². The van der Waals surface area contributed by atoms with E-state index in [0.717, 1.165) is 19.3 Å². The van der Waals surface area contributed by atoms with E-state index in [2.05, 4.69) is 5.32 Å². The molecule has 0 unspecified atom stereocenters. The molecule has 0 radical (unpaired) electrons. The standard InChI is InChI=1S/C14H19NO3S/c1-10(2)19(17,18)13-8-6-12(7-9-13)15-14(16)11-4-3-5-11/h6-11H,3-5H2,1-2H3,(H,15,16). The molecule has 0 heterocycles. The lowest BCUT2D eigenvalue weighted by atomic mass is 9.85. The van der Waals surface area contributed by atoms with Crippen molar-refractivity contribution in [2.24, 2.45) is 5.92 Å². The van der Waals surface area contributed by atoms with Crippen LogP contribution in [-0.4, -0.2) is 19.6 Å². The van der Waals surface area contributed by atoms with Crippen molar-refractivity contribution < 1.29 is 13.2 Å². The summed E-state index contributed by atoms with van der Waals surface area (Å²) in [6.45, 7) is 3.31. The second kappa shape index (κ2) is 5.33. The Balaban J connectivity index is 2.08. The highest BCUT2D eigenvalue weighted by Crippen LogP contribution is 2.27. The minimum atomic E-state index is -3.24. The van der Waals surface area contributed by atoms with Crippen molar-refractivity contribution in [3.63, 3.8) is 0 Å². The molecule has 2 rings (SSSR count). The second-order valence-electron chi connectivity index (χ2n) is 5.24. The van der Waals surface area contributed by atoms with Crippen molar-refractivity contribution >= 4 is 21.4 Å². The zero-order valence-electron chi connectivity index (χ0n) is 11.2. The van der Waals surface area contributed by atoms with Crippen LogP contribution in [0.2, 0.25) is 0 Å². The summed E-state index contributed by atoms with van der Waals surface area (Å²) >= 11 is 0. The summed E-state index contributed by atoms with van der Waals surface area (Å²) in [6.07, 6.45) is 3.01. The smallest absolute Gasteiger partial charge is 0.227 e. The molecule has 5 heteroatoms. The molecule has 0 aliphatic heterocycles. The van der Waals surface area contributed by atoms with Gasteiger partial charge in [0, 0.05) is 11.6 Å². The number of carbonyl (C=O) groups excluding carboxylic acids is 1. The van der Waals surface area contributed by atoms with E-state index in [-0.39, 0.29) is 11.8 Å². The molecule has 1 aromatic rings. The largest absolute Gasteiger partial charge is 0.326 e. The minimum Gasteiger partial charge on any atom is -0.326 e. The van der Waals surface area contributed by atoms with Crippen LogP contribution in [0.15, 0.2) is 29.2 Å². The molecule has 4 nitrogen and oxygen atoms in total. The third-order valence-corrected chi connectivity index (χ3v) is 5.72. The summed E-state index contributed by atoms with van der Waals surface area (Å²) in [5.74, 6) is 0.157. The van der Waals surface area contributed by atoms with E-state index in [9.17, 15) is 13.2 Å². The number of carbonyl (C=O) groups is 1. The molecule has 1 amide bonds. The number of rotatable bonds is 4. The molecule has 1 fully saturated rings. The highest BCUT2D eigenvalue weighted by atomic mass is 32.2. The first-order valence-corrected chi connectivity index (χ1v) is 8.10. The Labute approximate surface area is 114 Å². The van der Waals surface area contributed by atoms with Gasteiger partial charge in [-0.3, -0.25) is 4.79 Å². The zero-order valence-corrected chi connectivity index (χ0v) is 12.0. The van der Waals surface area contributed by atoms with Gasteiger partial charge in [-0.2, -0.15) is 0 Å². The first kappa shape index (κ1) is 14.1. The Hall–Kier alpha value is -1.36. The first-order chi connectivity index (χ1) is 8.91. The van der Waals surface area contributed by atoms with Crippen molar-refractivity contribution in [2.45, 2.75) is 43.3 Å². The lowest BCUT2D eigenvalue weighted by Crippen LogP contribution is -2.28. The number of hydrogen-bond acceptors (Lipinski definition) is 3. The normalized spacial score (nSPS) is 16.2. The maximum atomic E-state index is 11.9. The third-order valence-electron chi connectivity index (χ3n) is 3.55. The molecular formula is C14H19NO3S. The monoisotopic (exact) mass is 281 g/mol. The minimum absolute atomic E-state index is 0.0331. The van der Waals surface area contributed by atoms with E-state index < -0.39 is 15.1 Å². The summed E-state index contributed by atoms with van der Waals surface area (Å²) in [6, 6.07) is 6.38. The van der Waals surface area contributed by atoms with Gasteiger partial charge in [-0.25, -0.2) is 8.42 Å². The van der Waals surface area contributed by atoms with Crippen LogP contribution in [0.5, 0.6) is 0 Å². The lowest BCUT2D eigenvalue weighted by molar-refractivity contribution is -0.122.